The molecule has 1 N–H and O–H groups in total. The third-order valence-electron chi connectivity index (χ3n) is 3.32. The van der Waals surface area contributed by atoms with Gasteiger partial charge in [-0.2, -0.15) is 0 Å². The second-order valence-electron chi connectivity index (χ2n) is 4.80. The Hall–Kier alpha value is -0.440. The highest BCUT2D eigenvalue weighted by atomic mass is 35.5. The number of rotatable bonds is 5. The van der Waals surface area contributed by atoms with Gasteiger partial charge in [-0.15, -0.1) is 0 Å². The lowest BCUT2D eigenvalue weighted by molar-refractivity contribution is 0.132. The van der Waals surface area contributed by atoms with Gasteiger partial charge in [-0.25, -0.2) is 0 Å². The average molecular weight is 288 g/mol. The smallest absolute Gasteiger partial charge is 0.122 e. The summed E-state index contributed by atoms with van der Waals surface area (Å²) in [6.45, 7) is 4.31. The van der Waals surface area contributed by atoms with Crippen LogP contribution in [0.3, 0.4) is 0 Å². The molecule has 1 aliphatic heterocycles. The molecule has 18 heavy (non-hydrogen) atoms. The van der Waals surface area contributed by atoms with Crippen LogP contribution in [-0.2, 0) is 0 Å². The molecule has 2 atom stereocenters. The molecule has 1 saturated heterocycles. The third-order valence-corrected chi connectivity index (χ3v) is 3.76. The summed E-state index contributed by atoms with van der Waals surface area (Å²) >= 11 is 12.0. The fourth-order valence-electron chi connectivity index (χ4n) is 2.44. The summed E-state index contributed by atoms with van der Waals surface area (Å²) in [4.78, 5) is 0. The van der Waals surface area contributed by atoms with Crippen molar-refractivity contribution in [2.24, 2.45) is 5.92 Å². The van der Waals surface area contributed by atoms with Crippen LogP contribution in [-0.4, -0.2) is 19.2 Å². The highest BCUT2D eigenvalue weighted by Crippen LogP contribution is 2.28. The largest absolute Gasteiger partial charge is 0.490 e. The Balaban J connectivity index is 2.07. The van der Waals surface area contributed by atoms with Crippen LogP contribution in [0.25, 0.3) is 0 Å². The van der Waals surface area contributed by atoms with E-state index >= 15 is 0 Å². The van der Waals surface area contributed by atoms with Crippen molar-refractivity contribution in [1.82, 2.24) is 5.32 Å². The molecule has 1 unspecified atom stereocenters. The van der Waals surface area contributed by atoms with Gasteiger partial charge in [0.15, 0.2) is 0 Å². The molecule has 0 amide bonds. The second kappa shape index (κ2) is 6.65. The maximum Gasteiger partial charge on any atom is 0.122 e. The Morgan fingerprint density at radius 3 is 2.61 bits per heavy atom. The molecule has 1 fully saturated rings. The number of nitrogens with one attached hydrogen (secondary N) is 1. The molecule has 1 aliphatic rings. The van der Waals surface area contributed by atoms with E-state index in [0.29, 0.717) is 16.0 Å². The van der Waals surface area contributed by atoms with Crippen LogP contribution in [0.1, 0.15) is 26.2 Å². The van der Waals surface area contributed by atoms with Crippen LogP contribution in [0, 0.1) is 5.92 Å². The van der Waals surface area contributed by atoms with Crippen molar-refractivity contribution in [2.75, 3.05) is 13.1 Å². The molecule has 1 aromatic rings. The molecule has 0 aromatic heterocycles. The molecule has 1 aromatic carbocycles. The van der Waals surface area contributed by atoms with Crippen LogP contribution in [0.15, 0.2) is 18.2 Å². The molecule has 4 heteroatoms. The zero-order chi connectivity index (χ0) is 13.0. The maximum atomic E-state index is 6.09. The second-order valence-corrected chi connectivity index (χ2v) is 5.68. The molecule has 0 bridgehead atoms. The van der Waals surface area contributed by atoms with E-state index < -0.39 is 0 Å². The summed E-state index contributed by atoms with van der Waals surface area (Å²) in [5, 5.41) is 4.63. The third kappa shape index (κ3) is 3.78. The summed E-state index contributed by atoms with van der Waals surface area (Å²) in [5.41, 5.74) is 0. The molecular weight excluding hydrogens is 269 g/mol. The highest BCUT2D eigenvalue weighted by molar-refractivity contribution is 6.34. The van der Waals surface area contributed by atoms with E-state index in [1.807, 2.05) is 12.1 Å². The SMILES string of the molecule is CCC[C@H](Oc1cc(Cl)cc(Cl)c1)C1CCNC1. The first-order valence-corrected chi connectivity index (χ1v) is 7.28. The van der Waals surface area contributed by atoms with Gasteiger partial charge >= 0.3 is 0 Å². The van der Waals surface area contributed by atoms with Gasteiger partial charge < -0.3 is 10.1 Å². The van der Waals surface area contributed by atoms with Crippen molar-refractivity contribution in [1.29, 1.82) is 0 Å². The number of halogens is 2. The van der Waals surface area contributed by atoms with Gasteiger partial charge in [-0.3, -0.25) is 0 Å². The van der Waals surface area contributed by atoms with Gasteiger partial charge in [0, 0.05) is 22.5 Å². The number of hydrogen-bond acceptors (Lipinski definition) is 2. The average Bonchev–Trinajstić information content (AvgIpc) is 2.80. The van der Waals surface area contributed by atoms with E-state index in [1.165, 1.54) is 6.42 Å². The number of hydrogen-bond donors (Lipinski definition) is 1. The van der Waals surface area contributed by atoms with Crippen molar-refractivity contribution in [2.45, 2.75) is 32.3 Å². The molecule has 2 rings (SSSR count). The summed E-state index contributed by atoms with van der Waals surface area (Å²) in [6.07, 6.45) is 3.62. The maximum absolute atomic E-state index is 6.09. The molecule has 0 aliphatic carbocycles. The monoisotopic (exact) mass is 287 g/mol. The van der Waals surface area contributed by atoms with E-state index in [-0.39, 0.29) is 6.10 Å². The van der Waals surface area contributed by atoms with Crippen molar-refractivity contribution in [3.63, 3.8) is 0 Å². The van der Waals surface area contributed by atoms with Crippen molar-refractivity contribution in [3.8, 4) is 5.75 Å². The first-order chi connectivity index (χ1) is 8.69. The molecule has 0 spiro atoms. The zero-order valence-corrected chi connectivity index (χ0v) is 12.1. The van der Waals surface area contributed by atoms with E-state index in [1.54, 1.807) is 6.07 Å². The van der Waals surface area contributed by atoms with Gasteiger partial charge in [0.05, 0.1) is 0 Å². The minimum Gasteiger partial charge on any atom is -0.490 e. The fourth-order valence-corrected chi connectivity index (χ4v) is 2.95. The van der Waals surface area contributed by atoms with Crippen molar-refractivity contribution in [3.05, 3.63) is 28.2 Å². The predicted octanol–water partition coefficient (Wildman–Crippen LogP) is 4.15. The van der Waals surface area contributed by atoms with E-state index in [2.05, 4.69) is 12.2 Å². The van der Waals surface area contributed by atoms with Gasteiger partial charge in [0.25, 0.3) is 0 Å². The molecule has 1 heterocycles. The van der Waals surface area contributed by atoms with E-state index in [9.17, 15) is 0 Å². The normalized spacial score (nSPS) is 20.9. The number of ether oxygens (including phenoxy) is 1. The van der Waals surface area contributed by atoms with Crippen LogP contribution in [0.2, 0.25) is 10.0 Å². The van der Waals surface area contributed by atoms with Gasteiger partial charge in [-0.05, 0) is 37.6 Å². The first-order valence-electron chi connectivity index (χ1n) is 6.52. The Morgan fingerprint density at radius 2 is 2.06 bits per heavy atom. The molecular formula is C14H19Cl2NO. The van der Waals surface area contributed by atoms with Crippen LogP contribution >= 0.6 is 23.2 Å². The summed E-state index contributed by atoms with van der Waals surface area (Å²) in [5.74, 6) is 1.36. The Bertz CT molecular complexity index is 371. The van der Waals surface area contributed by atoms with Gasteiger partial charge in [0.2, 0.25) is 0 Å². The lowest BCUT2D eigenvalue weighted by atomic mass is 9.97. The van der Waals surface area contributed by atoms with Crippen LogP contribution in [0.4, 0.5) is 0 Å². The van der Waals surface area contributed by atoms with Crippen LogP contribution in [0.5, 0.6) is 5.75 Å². The molecule has 0 radical (unpaired) electrons. The van der Waals surface area contributed by atoms with Crippen LogP contribution < -0.4 is 10.1 Å². The topological polar surface area (TPSA) is 21.3 Å². The Kier molecular flexibility index (Phi) is 5.16. The summed E-state index contributed by atoms with van der Waals surface area (Å²) in [7, 11) is 0. The lowest BCUT2D eigenvalue weighted by Crippen LogP contribution is -2.28. The highest BCUT2D eigenvalue weighted by Gasteiger charge is 2.25. The molecule has 0 saturated carbocycles. The quantitative estimate of drug-likeness (QED) is 0.878. The van der Waals surface area contributed by atoms with E-state index in [4.69, 9.17) is 27.9 Å². The Labute approximate surface area is 119 Å². The Morgan fingerprint density at radius 1 is 1.33 bits per heavy atom. The number of benzene rings is 1. The molecule has 2 nitrogen and oxygen atoms in total. The van der Waals surface area contributed by atoms with Crippen molar-refractivity contribution < 1.29 is 4.74 Å². The van der Waals surface area contributed by atoms with E-state index in [0.717, 1.165) is 31.7 Å². The predicted molar refractivity (Wildman–Crippen MR) is 76.8 cm³/mol. The zero-order valence-electron chi connectivity index (χ0n) is 10.6. The summed E-state index contributed by atoms with van der Waals surface area (Å²) < 4.78 is 6.09. The van der Waals surface area contributed by atoms with Gasteiger partial charge in [-0.1, -0.05) is 36.5 Å². The summed E-state index contributed by atoms with van der Waals surface area (Å²) in [6, 6.07) is 5.39. The first kappa shape index (κ1) is 14.0. The minimum atomic E-state index is 0.250. The lowest BCUT2D eigenvalue weighted by Gasteiger charge is -2.24. The van der Waals surface area contributed by atoms with Crippen molar-refractivity contribution >= 4 is 23.2 Å². The standard InChI is InChI=1S/C14H19Cl2NO/c1-2-3-14(10-4-5-17-9-10)18-13-7-11(15)6-12(16)8-13/h6-8,10,14,17H,2-5,9H2,1H3/t10?,14-/m0/s1. The minimum absolute atomic E-state index is 0.250. The van der Waals surface area contributed by atoms with Gasteiger partial charge in [0.1, 0.15) is 11.9 Å². The fraction of sp³-hybridized carbons (Fsp3) is 0.571. The molecule has 100 valence electrons.